The van der Waals surface area contributed by atoms with E-state index in [4.69, 9.17) is 9.84 Å². The summed E-state index contributed by atoms with van der Waals surface area (Å²) in [6, 6.07) is -0.0834. The highest BCUT2D eigenvalue weighted by Gasteiger charge is 2.42. The molecule has 0 unspecified atom stereocenters. The molecule has 2 amide bonds. The van der Waals surface area contributed by atoms with Gasteiger partial charge in [-0.3, -0.25) is 0 Å². The summed E-state index contributed by atoms with van der Waals surface area (Å²) in [6.45, 7) is 5.30. The number of carboxylic acids is 1. The number of carboxylic acid groups (broad SMARTS) is 1. The number of hydrogen-bond donors (Lipinski definition) is 2. The fourth-order valence-corrected chi connectivity index (χ4v) is 2.44. The maximum Gasteiger partial charge on any atom is 0.329 e. The Kier molecular flexibility index (Phi) is 7.50. The van der Waals surface area contributed by atoms with Crippen LogP contribution < -0.4 is 5.32 Å². The first-order chi connectivity index (χ1) is 9.97. The molecule has 1 fully saturated rings. The molecule has 2 N–H and O–H groups in total. The quantitative estimate of drug-likeness (QED) is 0.606. The molecule has 122 valence electrons. The van der Waals surface area contributed by atoms with Crippen LogP contribution in [0.15, 0.2) is 0 Å². The molecular weight excluding hydrogens is 272 g/mol. The zero-order valence-corrected chi connectivity index (χ0v) is 13.2. The van der Waals surface area contributed by atoms with Gasteiger partial charge in [0.25, 0.3) is 0 Å². The van der Waals surface area contributed by atoms with E-state index in [0.29, 0.717) is 19.6 Å². The minimum absolute atomic E-state index is 0.0834. The molecule has 0 bridgehead atoms. The summed E-state index contributed by atoms with van der Waals surface area (Å²) in [4.78, 5) is 23.9. The van der Waals surface area contributed by atoms with E-state index in [9.17, 15) is 9.59 Å². The Bertz CT molecular complexity index is 341. The molecule has 1 aliphatic rings. The third-order valence-corrected chi connectivity index (χ3v) is 3.69. The maximum absolute atomic E-state index is 11.8. The van der Waals surface area contributed by atoms with Gasteiger partial charge in [0.15, 0.2) is 0 Å². The highest BCUT2D eigenvalue weighted by atomic mass is 16.5. The van der Waals surface area contributed by atoms with Gasteiger partial charge in [-0.1, -0.05) is 39.0 Å². The number of urea groups is 1. The molecule has 0 aliphatic carbocycles. The number of carbonyl (C=O) groups excluding carboxylic acids is 1. The molecule has 0 aromatic heterocycles. The van der Waals surface area contributed by atoms with Crippen molar-refractivity contribution in [3.8, 4) is 0 Å². The Morgan fingerprint density at radius 3 is 2.43 bits per heavy atom. The van der Waals surface area contributed by atoms with E-state index in [1.165, 1.54) is 25.7 Å². The van der Waals surface area contributed by atoms with Crippen molar-refractivity contribution < 1.29 is 19.4 Å². The zero-order valence-electron chi connectivity index (χ0n) is 13.2. The Morgan fingerprint density at radius 1 is 1.19 bits per heavy atom. The number of aliphatic carboxylic acids is 1. The number of nitrogens with one attached hydrogen (secondary N) is 1. The molecule has 0 radical (unpaired) electrons. The van der Waals surface area contributed by atoms with Crippen LogP contribution in [-0.4, -0.2) is 53.8 Å². The van der Waals surface area contributed by atoms with Crippen molar-refractivity contribution in [3.05, 3.63) is 0 Å². The third kappa shape index (κ3) is 6.80. The number of ether oxygens (including phenoxy) is 1. The molecule has 0 spiro atoms. The molecule has 0 atom stereocenters. The van der Waals surface area contributed by atoms with Gasteiger partial charge < -0.3 is 20.1 Å². The Hall–Kier alpha value is -1.30. The Balaban J connectivity index is 2.03. The van der Waals surface area contributed by atoms with Crippen LogP contribution in [0.5, 0.6) is 0 Å². The summed E-state index contributed by atoms with van der Waals surface area (Å²) in [7, 11) is 0. The lowest BCUT2D eigenvalue weighted by molar-refractivity contribution is -0.159. The van der Waals surface area contributed by atoms with Crippen molar-refractivity contribution >= 4 is 12.0 Å². The van der Waals surface area contributed by atoms with Gasteiger partial charge in [0.2, 0.25) is 0 Å². The fraction of sp³-hybridized carbons (Fsp3) is 0.867. The van der Waals surface area contributed by atoms with Crippen molar-refractivity contribution in [3.63, 3.8) is 0 Å². The van der Waals surface area contributed by atoms with Gasteiger partial charge in [-0.2, -0.15) is 0 Å². The topological polar surface area (TPSA) is 78.9 Å². The average molecular weight is 300 g/mol. The van der Waals surface area contributed by atoms with Crippen LogP contribution in [0.2, 0.25) is 0 Å². The molecule has 6 heteroatoms. The lowest BCUT2D eigenvalue weighted by Crippen LogP contribution is -2.65. The van der Waals surface area contributed by atoms with Gasteiger partial charge >= 0.3 is 12.0 Å². The van der Waals surface area contributed by atoms with Crippen LogP contribution >= 0.6 is 0 Å². The second-order valence-corrected chi connectivity index (χ2v) is 5.99. The van der Waals surface area contributed by atoms with E-state index >= 15 is 0 Å². The first-order valence-electron chi connectivity index (χ1n) is 7.85. The molecule has 1 saturated heterocycles. The van der Waals surface area contributed by atoms with E-state index in [2.05, 4.69) is 12.2 Å². The Labute approximate surface area is 126 Å². The third-order valence-electron chi connectivity index (χ3n) is 3.69. The van der Waals surface area contributed by atoms with Crippen LogP contribution in [0.3, 0.4) is 0 Å². The van der Waals surface area contributed by atoms with Crippen LogP contribution in [0.4, 0.5) is 4.79 Å². The predicted molar refractivity (Wildman–Crippen MR) is 80.3 cm³/mol. The van der Waals surface area contributed by atoms with Gasteiger partial charge in [-0.05, 0) is 13.3 Å². The van der Waals surface area contributed by atoms with Crippen LogP contribution in [0.1, 0.15) is 52.4 Å². The van der Waals surface area contributed by atoms with Gasteiger partial charge in [0.1, 0.15) is 12.2 Å². The van der Waals surface area contributed by atoms with E-state index < -0.39 is 11.6 Å². The smallest absolute Gasteiger partial charge is 0.329 e. The SMILES string of the molecule is CCCCCCCCNC(=O)N1CC(C)(OCC(=O)O)C1. The molecule has 0 aromatic rings. The molecule has 1 rings (SSSR count). The average Bonchev–Trinajstić information content (AvgIpc) is 2.41. The summed E-state index contributed by atoms with van der Waals surface area (Å²) in [6.07, 6.45) is 7.20. The summed E-state index contributed by atoms with van der Waals surface area (Å²) in [5.41, 5.74) is -0.518. The molecular formula is C15H28N2O4. The number of amides is 2. The highest BCUT2D eigenvalue weighted by molar-refractivity contribution is 5.75. The number of unbranched alkanes of at least 4 members (excludes halogenated alkanes) is 5. The lowest BCUT2D eigenvalue weighted by Gasteiger charge is -2.46. The number of likely N-dealkylation sites (tertiary alicyclic amines) is 1. The monoisotopic (exact) mass is 300 g/mol. The van der Waals surface area contributed by atoms with Crippen molar-refractivity contribution in [2.45, 2.75) is 58.0 Å². The maximum atomic E-state index is 11.8. The second-order valence-electron chi connectivity index (χ2n) is 5.99. The summed E-state index contributed by atoms with van der Waals surface area (Å²) >= 11 is 0. The van der Waals surface area contributed by atoms with Crippen molar-refractivity contribution in [1.29, 1.82) is 0 Å². The van der Waals surface area contributed by atoms with Crippen LogP contribution in [-0.2, 0) is 9.53 Å². The summed E-state index contributed by atoms with van der Waals surface area (Å²) in [5, 5.41) is 11.5. The molecule has 21 heavy (non-hydrogen) atoms. The largest absolute Gasteiger partial charge is 0.480 e. The van der Waals surface area contributed by atoms with E-state index in [-0.39, 0.29) is 12.6 Å². The standard InChI is InChI=1S/C15H28N2O4/c1-3-4-5-6-7-8-9-16-14(20)17-11-15(2,12-17)21-10-13(18)19/h3-12H2,1-2H3,(H,16,20)(H,18,19). The lowest BCUT2D eigenvalue weighted by atomic mass is 9.97. The Morgan fingerprint density at radius 2 is 1.81 bits per heavy atom. The van der Waals surface area contributed by atoms with E-state index in [1.807, 2.05) is 6.92 Å². The zero-order chi connectivity index (χ0) is 15.7. The van der Waals surface area contributed by atoms with Gasteiger partial charge in [0, 0.05) is 6.54 Å². The molecule has 0 saturated carbocycles. The highest BCUT2D eigenvalue weighted by Crippen LogP contribution is 2.24. The first-order valence-corrected chi connectivity index (χ1v) is 7.85. The van der Waals surface area contributed by atoms with Gasteiger partial charge in [-0.25, -0.2) is 9.59 Å². The van der Waals surface area contributed by atoms with Crippen molar-refractivity contribution in [2.75, 3.05) is 26.2 Å². The number of carbonyl (C=O) groups is 2. The van der Waals surface area contributed by atoms with Crippen molar-refractivity contribution in [2.24, 2.45) is 0 Å². The second kappa shape index (κ2) is 8.87. The number of hydrogen-bond acceptors (Lipinski definition) is 3. The molecule has 6 nitrogen and oxygen atoms in total. The number of nitrogens with zero attached hydrogens (tertiary/aromatic N) is 1. The minimum Gasteiger partial charge on any atom is -0.480 e. The van der Waals surface area contributed by atoms with Crippen molar-refractivity contribution in [1.82, 2.24) is 10.2 Å². The fourth-order valence-electron chi connectivity index (χ4n) is 2.44. The van der Waals surface area contributed by atoms with Crippen LogP contribution in [0, 0.1) is 0 Å². The molecule has 1 heterocycles. The normalized spacial score (nSPS) is 16.4. The minimum atomic E-state index is -0.984. The predicted octanol–water partition coefficient (Wildman–Crippen LogP) is 2.23. The van der Waals surface area contributed by atoms with Gasteiger partial charge in [0.05, 0.1) is 13.1 Å². The molecule has 0 aromatic carbocycles. The number of rotatable bonds is 10. The first kappa shape index (κ1) is 17.8. The van der Waals surface area contributed by atoms with Gasteiger partial charge in [-0.15, -0.1) is 0 Å². The summed E-state index contributed by atoms with van der Waals surface area (Å²) < 4.78 is 5.27. The van der Waals surface area contributed by atoms with Crippen LogP contribution in [0.25, 0.3) is 0 Å². The molecule has 1 aliphatic heterocycles. The summed E-state index contributed by atoms with van der Waals surface area (Å²) in [5.74, 6) is -0.984. The van der Waals surface area contributed by atoms with E-state index in [0.717, 1.165) is 12.8 Å². The van der Waals surface area contributed by atoms with E-state index in [1.54, 1.807) is 4.90 Å².